The minimum atomic E-state index is -3.67. The maximum atomic E-state index is 11.6. The normalized spacial score (nSPS) is 11.2. The summed E-state index contributed by atoms with van der Waals surface area (Å²) in [5.41, 5.74) is 0.901. The van der Waals surface area contributed by atoms with Crippen LogP contribution >= 0.6 is 11.3 Å². The zero-order valence-electron chi connectivity index (χ0n) is 11.9. The van der Waals surface area contributed by atoms with E-state index in [9.17, 15) is 13.2 Å². The third-order valence-corrected chi connectivity index (χ3v) is 4.55. The summed E-state index contributed by atoms with van der Waals surface area (Å²) < 4.78 is 22.3. The number of hydrogen-bond acceptors (Lipinski definition) is 5. The molecule has 1 aromatic heterocycles. The van der Waals surface area contributed by atoms with Gasteiger partial charge in [-0.1, -0.05) is 12.1 Å². The Morgan fingerprint density at radius 3 is 2.55 bits per heavy atom. The van der Waals surface area contributed by atoms with Crippen molar-refractivity contribution in [2.24, 2.45) is 5.14 Å². The Hall–Kier alpha value is -1.97. The van der Waals surface area contributed by atoms with Crippen LogP contribution in [0, 0.1) is 6.92 Å². The van der Waals surface area contributed by atoms with Gasteiger partial charge in [-0.2, -0.15) is 0 Å². The molecule has 0 bridgehead atoms. The van der Waals surface area contributed by atoms with E-state index in [1.54, 1.807) is 18.3 Å². The zero-order chi connectivity index (χ0) is 16.2. The lowest BCUT2D eigenvalue weighted by molar-refractivity contribution is 0.252. The minimum absolute atomic E-state index is 0.0705. The first-order valence-corrected chi connectivity index (χ1v) is 8.80. The molecule has 0 aliphatic heterocycles. The highest BCUT2D eigenvalue weighted by Gasteiger charge is 2.07. The molecule has 0 saturated carbocycles. The van der Waals surface area contributed by atoms with Crippen molar-refractivity contribution in [2.75, 3.05) is 11.9 Å². The molecule has 22 heavy (non-hydrogen) atoms. The molecule has 0 radical (unpaired) electrons. The second-order valence-corrected chi connectivity index (χ2v) is 7.39. The monoisotopic (exact) mass is 340 g/mol. The van der Waals surface area contributed by atoms with Crippen molar-refractivity contribution < 1.29 is 13.2 Å². The fraction of sp³-hybridized carbons (Fsp3) is 0.231. The molecular weight excluding hydrogens is 324 g/mol. The molecule has 118 valence electrons. The Bertz CT molecular complexity index is 754. The van der Waals surface area contributed by atoms with Gasteiger partial charge in [0.2, 0.25) is 10.0 Å². The van der Waals surface area contributed by atoms with Crippen molar-refractivity contribution in [3.8, 4) is 0 Å². The number of benzene rings is 1. The Kier molecular flexibility index (Phi) is 5.11. The average Bonchev–Trinajstić information content (AvgIpc) is 2.83. The van der Waals surface area contributed by atoms with Gasteiger partial charge < -0.3 is 5.32 Å². The van der Waals surface area contributed by atoms with Crippen molar-refractivity contribution in [3.63, 3.8) is 0 Å². The predicted molar refractivity (Wildman–Crippen MR) is 85.4 cm³/mol. The molecule has 1 aromatic carbocycles. The number of aryl methyl sites for hydroxylation is 1. The summed E-state index contributed by atoms with van der Waals surface area (Å²) in [7, 11) is -3.67. The van der Waals surface area contributed by atoms with E-state index in [2.05, 4.69) is 15.6 Å². The number of urea groups is 1. The molecule has 0 unspecified atom stereocenters. The Labute approximate surface area is 132 Å². The van der Waals surface area contributed by atoms with Crippen LogP contribution in [0.15, 0.2) is 35.4 Å². The number of primary sulfonamides is 1. The van der Waals surface area contributed by atoms with Gasteiger partial charge in [-0.25, -0.2) is 23.3 Å². The number of nitrogens with one attached hydrogen (secondary N) is 2. The molecule has 9 heteroatoms. The number of amides is 2. The van der Waals surface area contributed by atoms with Crippen LogP contribution in [0.2, 0.25) is 0 Å². The van der Waals surface area contributed by atoms with Crippen molar-refractivity contribution in [3.05, 3.63) is 40.9 Å². The van der Waals surface area contributed by atoms with Gasteiger partial charge in [0, 0.05) is 17.6 Å². The summed E-state index contributed by atoms with van der Waals surface area (Å²) in [6.07, 6.45) is 2.27. The van der Waals surface area contributed by atoms with Crippen molar-refractivity contribution in [1.82, 2.24) is 10.3 Å². The highest BCUT2D eigenvalue weighted by Crippen LogP contribution is 2.16. The Morgan fingerprint density at radius 1 is 1.32 bits per heavy atom. The summed E-state index contributed by atoms with van der Waals surface area (Å²) in [5.74, 6) is 0. The maximum Gasteiger partial charge on any atom is 0.321 e. The Balaban J connectivity index is 1.79. The number of thiazole rings is 1. The number of nitrogens with two attached hydrogens (primary N) is 1. The SMILES string of the molecule is Cc1cnc(NC(=O)NCCc2ccc(S(N)(=O)=O)cc2)s1. The number of rotatable bonds is 5. The number of sulfonamides is 1. The zero-order valence-corrected chi connectivity index (χ0v) is 13.5. The standard InChI is InChI=1S/C13H16N4O3S2/c1-9-8-16-13(21-9)17-12(18)15-7-6-10-2-4-11(5-3-10)22(14,19)20/h2-5,8H,6-7H2,1H3,(H2,14,19,20)(H2,15,16,17,18). The van der Waals surface area contributed by atoms with Crippen LogP contribution in [0.25, 0.3) is 0 Å². The summed E-state index contributed by atoms with van der Waals surface area (Å²) in [4.78, 5) is 16.8. The maximum absolute atomic E-state index is 11.6. The first-order valence-electron chi connectivity index (χ1n) is 6.43. The fourth-order valence-corrected chi connectivity index (χ4v) is 2.89. The fourth-order valence-electron chi connectivity index (χ4n) is 1.72. The predicted octanol–water partition coefficient (Wildman–Crippen LogP) is 1.46. The van der Waals surface area contributed by atoms with Crippen molar-refractivity contribution >= 4 is 32.5 Å². The van der Waals surface area contributed by atoms with Crippen molar-refractivity contribution in [1.29, 1.82) is 0 Å². The summed E-state index contributed by atoms with van der Waals surface area (Å²) >= 11 is 1.40. The molecule has 0 saturated heterocycles. The number of aromatic nitrogens is 1. The van der Waals surface area contributed by atoms with E-state index in [0.29, 0.717) is 18.1 Å². The molecule has 0 atom stereocenters. The van der Waals surface area contributed by atoms with E-state index in [-0.39, 0.29) is 10.9 Å². The molecule has 4 N–H and O–H groups in total. The smallest absolute Gasteiger partial charge is 0.321 e. The van der Waals surface area contributed by atoms with E-state index in [1.807, 2.05) is 6.92 Å². The van der Waals surface area contributed by atoms with Crippen LogP contribution in [0.4, 0.5) is 9.93 Å². The molecule has 2 aromatic rings. The van der Waals surface area contributed by atoms with Crippen molar-refractivity contribution in [2.45, 2.75) is 18.2 Å². The molecule has 0 aliphatic carbocycles. The lowest BCUT2D eigenvalue weighted by Crippen LogP contribution is -2.30. The van der Waals surface area contributed by atoms with E-state index in [4.69, 9.17) is 5.14 Å². The van der Waals surface area contributed by atoms with E-state index in [0.717, 1.165) is 10.4 Å². The van der Waals surface area contributed by atoms with Gasteiger partial charge in [0.1, 0.15) is 0 Å². The van der Waals surface area contributed by atoms with E-state index >= 15 is 0 Å². The number of anilines is 1. The highest BCUT2D eigenvalue weighted by atomic mass is 32.2. The molecule has 2 rings (SSSR count). The van der Waals surface area contributed by atoms with Gasteiger partial charge >= 0.3 is 6.03 Å². The topological polar surface area (TPSA) is 114 Å². The van der Waals surface area contributed by atoms with Crippen LogP contribution in [0.5, 0.6) is 0 Å². The molecule has 0 aliphatic rings. The van der Waals surface area contributed by atoms with Gasteiger partial charge in [-0.3, -0.25) is 5.32 Å². The van der Waals surface area contributed by atoms with E-state index < -0.39 is 10.0 Å². The number of carbonyl (C=O) groups excluding carboxylic acids is 1. The second-order valence-electron chi connectivity index (χ2n) is 4.60. The van der Waals surface area contributed by atoms with Crippen LogP contribution in [0.1, 0.15) is 10.4 Å². The average molecular weight is 340 g/mol. The molecule has 7 nitrogen and oxygen atoms in total. The molecular formula is C13H16N4O3S2. The summed E-state index contributed by atoms with van der Waals surface area (Å²) in [6, 6.07) is 5.91. The van der Waals surface area contributed by atoms with Gasteiger partial charge in [-0.15, -0.1) is 11.3 Å². The third kappa shape index (κ3) is 4.79. The number of hydrogen-bond donors (Lipinski definition) is 3. The molecule has 1 heterocycles. The summed E-state index contributed by atoms with van der Waals surface area (Å²) in [6.45, 7) is 2.33. The first kappa shape index (κ1) is 16.4. The van der Waals surface area contributed by atoms with Crippen LogP contribution < -0.4 is 15.8 Å². The quantitative estimate of drug-likeness (QED) is 0.764. The number of carbonyl (C=O) groups is 1. The van der Waals surface area contributed by atoms with Crippen LogP contribution in [-0.2, 0) is 16.4 Å². The van der Waals surface area contributed by atoms with Crippen LogP contribution in [-0.4, -0.2) is 26.0 Å². The largest absolute Gasteiger partial charge is 0.337 e. The number of nitrogens with zero attached hydrogens (tertiary/aromatic N) is 1. The second kappa shape index (κ2) is 6.86. The molecule has 0 fully saturated rings. The van der Waals surface area contributed by atoms with Gasteiger partial charge in [0.25, 0.3) is 0 Å². The highest BCUT2D eigenvalue weighted by molar-refractivity contribution is 7.89. The minimum Gasteiger partial charge on any atom is -0.337 e. The lowest BCUT2D eigenvalue weighted by atomic mass is 10.1. The van der Waals surface area contributed by atoms with E-state index in [1.165, 1.54) is 23.5 Å². The Morgan fingerprint density at radius 2 is 2.00 bits per heavy atom. The van der Waals surface area contributed by atoms with Gasteiger partial charge in [0.15, 0.2) is 5.13 Å². The summed E-state index contributed by atoms with van der Waals surface area (Å²) in [5, 5.41) is 10.9. The van der Waals surface area contributed by atoms with Gasteiger partial charge in [-0.05, 0) is 31.0 Å². The van der Waals surface area contributed by atoms with Gasteiger partial charge in [0.05, 0.1) is 4.90 Å². The lowest BCUT2D eigenvalue weighted by Gasteiger charge is -2.06. The third-order valence-electron chi connectivity index (χ3n) is 2.79. The first-order chi connectivity index (χ1) is 10.3. The molecule has 0 spiro atoms. The van der Waals surface area contributed by atoms with Crippen LogP contribution in [0.3, 0.4) is 0 Å². The molecule has 2 amide bonds.